The average molecular weight is 686 g/mol. The molecule has 0 saturated carbocycles. The van der Waals surface area contributed by atoms with Gasteiger partial charge in [0.25, 0.3) is 0 Å². The van der Waals surface area contributed by atoms with E-state index in [0.29, 0.717) is 0 Å². The van der Waals surface area contributed by atoms with Gasteiger partial charge in [0.15, 0.2) is 0 Å². The smallest absolute Gasteiger partial charge is 0.0346 e. The standard InChI is InChI=1S/3C9H7N.3ClH.Ir/c3*1-2-4-9-7-10-6-5-8(9)3-1;;;;/h3*1-7H;3*1H;/q;;;;;;+3/p-3. The Hall–Kier alpha value is -2.59. The van der Waals surface area contributed by atoms with Crippen LogP contribution in [0.5, 0.6) is 0 Å². The van der Waals surface area contributed by atoms with Crippen LogP contribution in [-0.2, 0) is 13.5 Å². The van der Waals surface area contributed by atoms with Crippen LogP contribution in [0.2, 0.25) is 0 Å². The number of hydrogen-bond donors (Lipinski definition) is 0. The molecular formula is C27H21Cl3IrN3. The van der Waals surface area contributed by atoms with Crippen LogP contribution in [-0.4, -0.2) is 15.0 Å². The van der Waals surface area contributed by atoms with Crippen molar-refractivity contribution >= 4 is 61.1 Å². The second-order valence-electron chi connectivity index (χ2n) is 6.81. The van der Waals surface area contributed by atoms with Gasteiger partial charge >= 0.3 is 42.2 Å². The normalized spacial score (nSPS) is 10.1. The quantitative estimate of drug-likeness (QED) is 0.161. The first-order valence-corrected chi connectivity index (χ1v) is 19.0. The summed E-state index contributed by atoms with van der Waals surface area (Å²) in [5.74, 6) is 0. The van der Waals surface area contributed by atoms with Crippen LogP contribution in [0.15, 0.2) is 128 Å². The van der Waals surface area contributed by atoms with E-state index in [1.165, 1.54) is 32.3 Å². The summed E-state index contributed by atoms with van der Waals surface area (Å²) in [5.41, 5.74) is 0. The Morgan fingerprint density at radius 2 is 0.618 bits per heavy atom. The zero-order valence-corrected chi connectivity index (χ0v) is 22.6. The Balaban J connectivity index is 0.000000133. The van der Waals surface area contributed by atoms with E-state index in [-0.39, 0.29) is 0 Å². The molecule has 0 N–H and O–H groups in total. The number of halogens is 3. The van der Waals surface area contributed by atoms with Gasteiger partial charge in [-0.1, -0.05) is 72.8 Å². The first-order valence-electron chi connectivity index (χ1n) is 10.1. The second-order valence-corrected chi connectivity index (χ2v) is 17.2. The molecule has 0 spiro atoms. The summed E-state index contributed by atoms with van der Waals surface area (Å²) >= 11 is -1.92. The van der Waals surface area contributed by atoms with Crippen LogP contribution in [0.25, 0.3) is 32.3 Å². The fraction of sp³-hybridized carbons (Fsp3) is 0. The number of aromatic nitrogens is 3. The SMILES string of the molecule is [Cl][Ir]([Cl])[Cl].c1ccc2cnccc2c1.c1ccc2cnccc2c1.c1ccc2cnccc2c1. The molecule has 6 aromatic rings. The molecule has 0 saturated heterocycles. The van der Waals surface area contributed by atoms with Gasteiger partial charge in [0.2, 0.25) is 0 Å². The van der Waals surface area contributed by atoms with E-state index >= 15 is 0 Å². The molecule has 3 heterocycles. The number of nitrogens with zero attached hydrogens (tertiary/aromatic N) is 3. The fourth-order valence-electron chi connectivity index (χ4n) is 3.08. The molecular weight excluding hydrogens is 665 g/mol. The van der Waals surface area contributed by atoms with E-state index in [2.05, 4.69) is 51.4 Å². The van der Waals surface area contributed by atoms with Crippen molar-refractivity contribution in [3.05, 3.63) is 128 Å². The number of benzene rings is 3. The van der Waals surface area contributed by atoms with Crippen molar-refractivity contribution in [2.24, 2.45) is 0 Å². The van der Waals surface area contributed by atoms with E-state index in [0.717, 1.165) is 0 Å². The molecule has 0 fully saturated rings. The maximum Gasteiger partial charge on any atom is 0.0346 e. The number of pyridine rings is 3. The van der Waals surface area contributed by atoms with Gasteiger partial charge in [-0.2, -0.15) is 0 Å². The van der Waals surface area contributed by atoms with Crippen molar-refractivity contribution in [3.63, 3.8) is 0 Å². The maximum absolute atomic E-state index is 4.97. The van der Waals surface area contributed by atoms with E-state index in [4.69, 9.17) is 28.8 Å². The Labute approximate surface area is 216 Å². The molecule has 174 valence electrons. The zero-order chi connectivity index (χ0) is 24.0. The van der Waals surface area contributed by atoms with Crippen molar-refractivity contribution < 1.29 is 13.5 Å². The molecule has 34 heavy (non-hydrogen) atoms. The average Bonchev–Trinajstić information content (AvgIpc) is 2.89. The molecule has 0 atom stereocenters. The minimum absolute atomic E-state index is 1.20. The first-order chi connectivity index (χ1) is 16.6. The molecule has 3 nitrogen and oxygen atoms in total. The van der Waals surface area contributed by atoms with Crippen molar-refractivity contribution in [2.75, 3.05) is 0 Å². The minimum Gasteiger partial charge on any atom is -0.264 e. The molecule has 3 aromatic carbocycles. The van der Waals surface area contributed by atoms with Gasteiger partial charge in [-0.25, -0.2) is 0 Å². The van der Waals surface area contributed by atoms with Gasteiger partial charge < -0.3 is 0 Å². The number of fused-ring (bicyclic) bond motifs is 3. The predicted molar refractivity (Wildman–Crippen MR) is 143 cm³/mol. The van der Waals surface area contributed by atoms with Gasteiger partial charge in [0.05, 0.1) is 0 Å². The Morgan fingerprint density at radius 1 is 0.382 bits per heavy atom. The van der Waals surface area contributed by atoms with Crippen molar-refractivity contribution in [1.82, 2.24) is 15.0 Å². The van der Waals surface area contributed by atoms with Crippen LogP contribution in [0.3, 0.4) is 0 Å². The van der Waals surface area contributed by atoms with Crippen molar-refractivity contribution in [2.45, 2.75) is 0 Å². The molecule has 0 amide bonds. The molecule has 0 bridgehead atoms. The van der Waals surface area contributed by atoms with Gasteiger partial charge in [0.1, 0.15) is 0 Å². The van der Waals surface area contributed by atoms with E-state index in [9.17, 15) is 0 Å². The monoisotopic (exact) mass is 685 g/mol. The summed E-state index contributed by atoms with van der Waals surface area (Å²) < 4.78 is 0. The molecule has 6 rings (SSSR count). The summed E-state index contributed by atoms with van der Waals surface area (Å²) in [6, 6.07) is 30.6. The Bertz CT molecular complexity index is 1060. The van der Waals surface area contributed by atoms with Crippen LogP contribution < -0.4 is 0 Å². The minimum atomic E-state index is -1.92. The summed E-state index contributed by atoms with van der Waals surface area (Å²) in [5, 5.41) is 7.34. The van der Waals surface area contributed by atoms with E-state index in [1.807, 2.05) is 91.8 Å². The van der Waals surface area contributed by atoms with Crippen LogP contribution in [0.1, 0.15) is 0 Å². The number of rotatable bonds is 0. The summed E-state index contributed by atoms with van der Waals surface area (Å²) in [6.45, 7) is 0. The molecule has 0 aliphatic carbocycles. The van der Waals surface area contributed by atoms with Crippen molar-refractivity contribution in [3.8, 4) is 0 Å². The molecule has 0 aliphatic rings. The molecule has 7 heteroatoms. The van der Waals surface area contributed by atoms with E-state index < -0.39 is 13.5 Å². The van der Waals surface area contributed by atoms with Gasteiger partial charge in [0, 0.05) is 37.2 Å². The second kappa shape index (κ2) is 14.6. The largest absolute Gasteiger partial charge is 0.264 e. The summed E-state index contributed by atoms with van der Waals surface area (Å²) in [4.78, 5) is 12.0. The first kappa shape index (κ1) is 26.0. The third-order valence-corrected chi connectivity index (χ3v) is 4.65. The molecule has 3 aromatic heterocycles. The maximum atomic E-state index is 4.97. The molecule has 0 aliphatic heterocycles. The fourth-order valence-corrected chi connectivity index (χ4v) is 3.08. The summed E-state index contributed by atoms with van der Waals surface area (Å²) in [6.07, 6.45) is 11.0. The van der Waals surface area contributed by atoms with E-state index in [1.54, 1.807) is 0 Å². The van der Waals surface area contributed by atoms with Gasteiger partial charge in [-0.05, 0) is 50.5 Å². The Kier molecular flexibility index (Phi) is 11.2. The van der Waals surface area contributed by atoms with Gasteiger partial charge in [-0.15, -0.1) is 0 Å². The third kappa shape index (κ3) is 8.98. The van der Waals surface area contributed by atoms with Gasteiger partial charge in [-0.3, -0.25) is 15.0 Å². The Morgan fingerprint density at radius 3 is 0.853 bits per heavy atom. The van der Waals surface area contributed by atoms with Crippen LogP contribution >= 0.6 is 28.8 Å². The topological polar surface area (TPSA) is 38.7 Å². The van der Waals surface area contributed by atoms with Crippen LogP contribution in [0, 0.1) is 0 Å². The van der Waals surface area contributed by atoms with Crippen molar-refractivity contribution in [1.29, 1.82) is 0 Å². The predicted octanol–water partition coefficient (Wildman–Crippen LogP) is 8.77. The molecule has 0 radical (unpaired) electrons. The molecule has 0 unspecified atom stereocenters. The van der Waals surface area contributed by atoms with Crippen LogP contribution in [0.4, 0.5) is 0 Å². The zero-order valence-electron chi connectivity index (χ0n) is 17.9. The third-order valence-electron chi connectivity index (χ3n) is 4.65. The number of hydrogen-bond acceptors (Lipinski definition) is 3. The summed E-state index contributed by atoms with van der Waals surface area (Å²) in [7, 11) is 14.9.